The Balaban J connectivity index is 2.38. The molecule has 2 rings (SSSR count). The SMILES string of the molecule is Cc1cc(Br)cc(N)c1NC(=O)c1c(Cl)cccc1Cl. The average Bonchev–Trinajstić information content (AvgIpc) is 2.33. The van der Waals surface area contributed by atoms with E-state index in [1.807, 2.05) is 13.0 Å². The van der Waals surface area contributed by atoms with E-state index in [2.05, 4.69) is 21.2 Å². The number of benzene rings is 2. The van der Waals surface area contributed by atoms with E-state index in [0.29, 0.717) is 21.4 Å². The molecule has 0 saturated carbocycles. The predicted molar refractivity (Wildman–Crippen MR) is 87.7 cm³/mol. The minimum absolute atomic E-state index is 0.234. The highest BCUT2D eigenvalue weighted by atomic mass is 79.9. The van der Waals surface area contributed by atoms with Gasteiger partial charge in [-0.2, -0.15) is 0 Å². The number of anilines is 2. The van der Waals surface area contributed by atoms with Gasteiger partial charge in [-0.15, -0.1) is 0 Å². The van der Waals surface area contributed by atoms with E-state index in [9.17, 15) is 4.79 Å². The van der Waals surface area contributed by atoms with Crippen molar-refractivity contribution in [1.29, 1.82) is 0 Å². The molecule has 2 aromatic carbocycles. The maximum absolute atomic E-state index is 12.3. The second-order valence-corrected chi connectivity index (χ2v) is 5.97. The number of hydrogen-bond donors (Lipinski definition) is 2. The van der Waals surface area contributed by atoms with Crippen LogP contribution in [0.15, 0.2) is 34.8 Å². The Morgan fingerprint density at radius 1 is 1.25 bits per heavy atom. The number of nitrogens with one attached hydrogen (secondary N) is 1. The molecule has 0 aliphatic heterocycles. The monoisotopic (exact) mass is 372 g/mol. The summed E-state index contributed by atoms with van der Waals surface area (Å²) in [5, 5.41) is 3.34. The van der Waals surface area contributed by atoms with Crippen LogP contribution in [0.4, 0.5) is 11.4 Å². The molecule has 0 saturated heterocycles. The highest BCUT2D eigenvalue weighted by Gasteiger charge is 2.16. The quantitative estimate of drug-likeness (QED) is 0.735. The molecule has 3 N–H and O–H groups in total. The first kappa shape index (κ1) is 15.2. The van der Waals surface area contributed by atoms with Gasteiger partial charge in [-0.1, -0.05) is 45.2 Å². The molecule has 6 heteroatoms. The van der Waals surface area contributed by atoms with Crippen LogP contribution in [0.5, 0.6) is 0 Å². The molecule has 0 radical (unpaired) electrons. The van der Waals surface area contributed by atoms with Gasteiger partial charge < -0.3 is 11.1 Å². The number of hydrogen-bond acceptors (Lipinski definition) is 2. The van der Waals surface area contributed by atoms with Gasteiger partial charge in [-0.05, 0) is 36.8 Å². The van der Waals surface area contributed by atoms with Gasteiger partial charge in [-0.25, -0.2) is 0 Å². The van der Waals surface area contributed by atoms with E-state index in [0.717, 1.165) is 10.0 Å². The third kappa shape index (κ3) is 3.08. The van der Waals surface area contributed by atoms with Crippen molar-refractivity contribution in [3.8, 4) is 0 Å². The van der Waals surface area contributed by atoms with E-state index in [1.165, 1.54) is 0 Å². The third-order valence-electron chi connectivity index (χ3n) is 2.76. The molecule has 0 unspecified atom stereocenters. The Kier molecular flexibility index (Phi) is 4.58. The lowest BCUT2D eigenvalue weighted by molar-refractivity contribution is 0.102. The molecular weight excluding hydrogens is 363 g/mol. The summed E-state index contributed by atoms with van der Waals surface area (Å²) in [5.41, 5.74) is 8.01. The summed E-state index contributed by atoms with van der Waals surface area (Å²) >= 11 is 15.4. The molecule has 0 bridgehead atoms. The first-order valence-electron chi connectivity index (χ1n) is 5.71. The minimum atomic E-state index is -0.391. The summed E-state index contributed by atoms with van der Waals surface area (Å²) < 4.78 is 0.848. The zero-order valence-electron chi connectivity index (χ0n) is 10.5. The Morgan fingerprint density at radius 3 is 2.40 bits per heavy atom. The van der Waals surface area contributed by atoms with Crippen LogP contribution in [-0.2, 0) is 0 Å². The highest BCUT2D eigenvalue weighted by molar-refractivity contribution is 9.10. The third-order valence-corrected chi connectivity index (χ3v) is 3.85. The van der Waals surface area contributed by atoms with Crippen LogP contribution in [0.3, 0.4) is 0 Å². The van der Waals surface area contributed by atoms with Crippen LogP contribution >= 0.6 is 39.1 Å². The lowest BCUT2D eigenvalue weighted by atomic mass is 10.1. The zero-order valence-corrected chi connectivity index (χ0v) is 13.6. The van der Waals surface area contributed by atoms with Crippen LogP contribution in [0.1, 0.15) is 15.9 Å². The van der Waals surface area contributed by atoms with Crippen LogP contribution < -0.4 is 11.1 Å². The van der Waals surface area contributed by atoms with Crippen molar-refractivity contribution in [3.05, 3.63) is 56.0 Å². The number of nitrogen functional groups attached to an aromatic ring is 1. The Morgan fingerprint density at radius 2 is 1.85 bits per heavy atom. The van der Waals surface area contributed by atoms with Gasteiger partial charge in [0.25, 0.3) is 5.91 Å². The van der Waals surface area contributed by atoms with Crippen LogP contribution in [0.2, 0.25) is 10.0 Å². The summed E-state index contributed by atoms with van der Waals surface area (Å²) in [6.07, 6.45) is 0. The van der Waals surface area contributed by atoms with Gasteiger partial charge in [0.1, 0.15) is 0 Å². The lowest BCUT2D eigenvalue weighted by Gasteiger charge is -2.13. The molecule has 2 aromatic rings. The Hall–Kier alpha value is -1.23. The van der Waals surface area contributed by atoms with Gasteiger partial charge in [-0.3, -0.25) is 4.79 Å². The molecule has 0 heterocycles. The number of amides is 1. The lowest BCUT2D eigenvalue weighted by Crippen LogP contribution is -2.15. The normalized spacial score (nSPS) is 10.4. The van der Waals surface area contributed by atoms with Crippen LogP contribution in [0, 0.1) is 6.92 Å². The fraction of sp³-hybridized carbons (Fsp3) is 0.0714. The summed E-state index contributed by atoms with van der Waals surface area (Å²) in [6.45, 7) is 1.85. The van der Waals surface area contributed by atoms with Crippen molar-refractivity contribution >= 4 is 56.4 Å². The summed E-state index contributed by atoms with van der Waals surface area (Å²) in [7, 11) is 0. The van der Waals surface area contributed by atoms with Crippen molar-refractivity contribution in [2.75, 3.05) is 11.1 Å². The van der Waals surface area contributed by atoms with Gasteiger partial charge in [0.2, 0.25) is 0 Å². The second-order valence-electron chi connectivity index (χ2n) is 4.24. The molecule has 0 fully saturated rings. The average molecular weight is 374 g/mol. The first-order valence-corrected chi connectivity index (χ1v) is 7.26. The molecule has 0 aliphatic carbocycles. The van der Waals surface area contributed by atoms with Crippen molar-refractivity contribution < 1.29 is 4.79 Å². The van der Waals surface area contributed by atoms with Gasteiger partial charge in [0.15, 0.2) is 0 Å². The number of nitrogens with two attached hydrogens (primary N) is 1. The van der Waals surface area contributed by atoms with E-state index < -0.39 is 5.91 Å². The largest absolute Gasteiger partial charge is 0.397 e. The first-order chi connectivity index (χ1) is 9.40. The standard InChI is InChI=1S/C14H11BrCl2N2O/c1-7-5-8(15)6-11(18)13(7)19-14(20)12-9(16)3-2-4-10(12)17/h2-6H,18H2,1H3,(H,19,20). The van der Waals surface area contributed by atoms with Gasteiger partial charge >= 0.3 is 0 Å². The summed E-state index contributed by atoms with van der Waals surface area (Å²) in [5.74, 6) is -0.391. The zero-order chi connectivity index (χ0) is 14.9. The van der Waals surface area contributed by atoms with Crippen LogP contribution in [-0.4, -0.2) is 5.91 Å². The molecular formula is C14H11BrCl2N2O. The molecule has 1 amide bonds. The maximum Gasteiger partial charge on any atom is 0.258 e. The Bertz CT molecular complexity index is 646. The van der Waals surface area contributed by atoms with Crippen molar-refractivity contribution in [2.45, 2.75) is 6.92 Å². The van der Waals surface area contributed by atoms with E-state index >= 15 is 0 Å². The second kappa shape index (κ2) is 6.04. The number of carbonyl (C=O) groups excluding carboxylic acids is 1. The molecule has 0 spiro atoms. The molecule has 104 valence electrons. The topological polar surface area (TPSA) is 55.1 Å². The molecule has 3 nitrogen and oxygen atoms in total. The Labute approximate surface area is 135 Å². The molecule has 20 heavy (non-hydrogen) atoms. The molecule has 0 atom stereocenters. The molecule has 0 aliphatic rings. The number of aryl methyl sites for hydroxylation is 1. The maximum atomic E-state index is 12.3. The fourth-order valence-electron chi connectivity index (χ4n) is 1.83. The number of halogens is 3. The molecule has 0 aromatic heterocycles. The fourth-order valence-corrected chi connectivity index (χ4v) is 2.99. The highest BCUT2D eigenvalue weighted by Crippen LogP contribution is 2.30. The van der Waals surface area contributed by atoms with E-state index in [1.54, 1.807) is 24.3 Å². The van der Waals surface area contributed by atoms with Crippen LogP contribution in [0.25, 0.3) is 0 Å². The predicted octanol–water partition coefficient (Wildman–Crippen LogP) is 4.90. The minimum Gasteiger partial charge on any atom is -0.397 e. The summed E-state index contributed by atoms with van der Waals surface area (Å²) in [4.78, 5) is 12.3. The van der Waals surface area contributed by atoms with E-state index in [4.69, 9.17) is 28.9 Å². The van der Waals surface area contributed by atoms with E-state index in [-0.39, 0.29) is 5.56 Å². The van der Waals surface area contributed by atoms with Crippen molar-refractivity contribution in [3.63, 3.8) is 0 Å². The van der Waals surface area contributed by atoms with Gasteiger partial charge in [0, 0.05) is 4.47 Å². The number of rotatable bonds is 2. The smallest absolute Gasteiger partial charge is 0.258 e. The summed E-state index contributed by atoms with van der Waals surface area (Å²) in [6, 6.07) is 8.48. The van der Waals surface area contributed by atoms with Gasteiger partial charge in [0.05, 0.1) is 27.0 Å². The number of carbonyl (C=O) groups is 1. The van der Waals surface area contributed by atoms with Crippen molar-refractivity contribution in [1.82, 2.24) is 0 Å². The van der Waals surface area contributed by atoms with Crippen molar-refractivity contribution in [2.24, 2.45) is 0 Å².